The van der Waals surface area contributed by atoms with E-state index in [1.54, 1.807) is 4.52 Å². The van der Waals surface area contributed by atoms with Crippen molar-refractivity contribution in [3.05, 3.63) is 28.8 Å². The second-order valence-corrected chi connectivity index (χ2v) is 17.6. The van der Waals surface area contributed by atoms with Gasteiger partial charge in [-0.2, -0.15) is 14.7 Å². The molecule has 268 valence electrons. The molecule has 4 heterocycles. The molecule has 3 N–H and O–H groups in total. The highest BCUT2D eigenvalue weighted by Crippen LogP contribution is 2.67. The van der Waals surface area contributed by atoms with Gasteiger partial charge in [0.05, 0.1) is 28.7 Å². The minimum atomic E-state index is -2.45. The van der Waals surface area contributed by atoms with Crippen molar-refractivity contribution in [1.82, 2.24) is 29.7 Å². The number of nitrogens with zero attached hydrogens (tertiary/aromatic N) is 5. The smallest absolute Gasteiger partial charge is 0.248 e. The number of aromatic nitrogens is 5. The van der Waals surface area contributed by atoms with Crippen LogP contribution < -0.4 is 11.1 Å². The van der Waals surface area contributed by atoms with Crippen molar-refractivity contribution in [2.45, 2.75) is 128 Å². The van der Waals surface area contributed by atoms with Crippen LogP contribution in [0.1, 0.15) is 115 Å². The molecule has 0 radical (unpaired) electrons. The Morgan fingerprint density at radius 1 is 0.980 bits per heavy atom. The van der Waals surface area contributed by atoms with Crippen LogP contribution >= 0.6 is 15.9 Å². The van der Waals surface area contributed by atoms with E-state index < -0.39 is 5.92 Å². The van der Waals surface area contributed by atoms with Gasteiger partial charge in [0, 0.05) is 55.8 Å². The number of piperidine rings is 1. The summed E-state index contributed by atoms with van der Waals surface area (Å²) >= 11 is 3.70. The minimum absolute atomic E-state index is 0.0884. The summed E-state index contributed by atoms with van der Waals surface area (Å²) in [5, 5.41) is 12.7. The normalized spacial score (nSPS) is 35.6. The van der Waals surface area contributed by atoms with E-state index in [0.29, 0.717) is 42.0 Å². The maximum atomic E-state index is 14.3. The Labute approximate surface area is 297 Å². The van der Waals surface area contributed by atoms with Crippen molar-refractivity contribution in [1.29, 1.82) is 0 Å². The number of halogens is 3. The predicted molar refractivity (Wildman–Crippen MR) is 191 cm³/mol. The molecule has 11 heteroatoms. The van der Waals surface area contributed by atoms with E-state index in [4.69, 9.17) is 15.5 Å². The molecule has 5 aliphatic rings. The van der Waals surface area contributed by atoms with E-state index >= 15 is 0 Å². The highest BCUT2D eigenvalue weighted by atomic mass is 79.9. The fourth-order valence-electron chi connectivity index (χ4n) is 11.4. The van der Waals surface area contributed by atoms with Gasteiger partial charge in [-0.25, -0.2) is 13.8 Å². The summed E-state index contributed by atoms with van der Waals surface area (Å²) in [6.07, 6.45) is 19.4. The zero-order valence-corrected chi connectivity index (χ0v) is 30.9. The highest BCUT2D eigenvalue weighted by Gasteiger charge is 2.62. The zero-order chi connectivity index (χ0) is 34.0. The third-order valence-corrected chi connectivity index (χ3v) is 15.0. The predicted octanol–water partition coefficient (Wildman–Crippen LogP) is 8.64. The number of nitrogens with one attached hydrogen (secondary N) is 1. The van der Waals surface area contributed by atoms with Crippen LogP contribution in [0.2, 0.25) is 0 Å². The average Bonchev–Trinajstić information content (AvgIpc) is 3.82. The van der Waals surface area contributed by atoms with Gasteiger partial charge in [0.25, 0.3) is 0 Å². The molecule has 5 fully saturated rings. The molecule has 0 unspecified atom stereocenters. The van der Waals surface area contributed by atoms with Crippen molar-refractivity contribution >= 4 is 27.4 Å². The van der Waals surface area contributed by atoms with Gasteiger partial charge in [0.2, 0.25) is 5.92 Å². The van der Waals surface area contributed by atoms with E-state index in [1.807, 2.05) is 17.1 Å². The quantitative estimate of drug-likeness (QED) is 0.213. The molecule has 1 aliphatic heterocycles. The summed E-state index contributed by atoms with van der Waals surface area (Å²) in [7, 11) is 0. The summed E-state index contributed by atoms with van der Waals surface area (Å²) in [5.74, 6) is 0.633. The third kappa shape index (κ3) is 6.05. The number of hydrogen-bond acceptors (Lipinski definition) is 6. The van der Waals surface area contributed by atoms with Crippen molar-refractivity contribution in [3.63, 3.8) is 0 Å². The van der Waals surface area contributed by atoms with E-state index in [-0.39, 0.29) is 29.6 Å². The number of aryl methyl sites for hydroxylation is 1. The first-order chi connectivity index (χ1) is 23.6. The number of hydrogen-bond donors (Lipinski definition) is 2. The van der Waals surface area contributed by atoms with E-state index in [9.17, 15) is 8.78 Å². The van der Waals surface area contributed by atoms with E-state index in [2.05, 4.69) is 51.5 Å². The van der Waals surface area contributed by atoms with Crippen LogP contribution in [0.25, 0.3) is 16.8 Å². The largest absolute Gasteiger partial charge is 0.383 e. The lowest BCUT2D eigenvalue weighted by Gasteiger charge is -2.61. The summed E-state index contributed by atoms with van der Waals surface area (Å²) in [5.41, 5.74) is 10.6. The molecule has 49 heavy (non-hydrogen) atoms. The second-order valence-electron chi connectivity index (χ2n) is 16.8. The third-order valence-electron chi connectivity index (χ3n) is 14.2. The first-order valence-corrected chi connectivity index (χ1v) is 19.9. The number of ether oxygens (including phenoxy) is 1. The molecular weight excluding hydrogens is 688 g/mol. The fraction of sp³-hybridized carbons (Fsp3) is 0.763. The van der Waals surface area contributed by atoms with Gasteiger partial charge in [-0.3, -0.25) is 4.68 Å². The lowest BCUT2D eigenvalue weighted by molar-refractivity contribution is -0.169. The summed E-state index contributed by atoms with van der Waals surface area (Å²) in [4.78, 5) is 5.06. The first kappa shape index (κ1) is 34.0. The van der Waals surface area contributed by atoms with Gasteiger partial charge in [-0.15, -0.1) is 0 Å². The molecule has 3 aromatic heterocycles. The number of nitrogens with two attached hydrogens (primary N) is 1. The van der Waals surface area contributed by atoms with E-state index in [0.717, 1.165) is 105 Å². The molecule has 4 saturated carbocycles. The maximum absolute atomic E-state index is 14.3. The first-order valence-electron chi connectivity index (χ1n) is 19.1. The molecule has 8 atom stereocenters. The van der Waals surface area contributed by atoms with Gasteiger partial charge in [0.1, 0.15) is 5.82 Å². The Bertz CT molecular complexity index is 1650. The van der Waals surface area contributed by atoms with Crippen LogP contribution in [-0.4, -0.2) is 56.1 Å². The van der Waals surface area contributed by atoms with Crippen LogP contribution in [0.5, 0.6) is 0 Å². The van der Waals surface area contributed by atoms with Gasteiger partial charge in [0.15, 0.2) is 5.65 Å². The molecule has 3 aromatic rings. The molecule has 1 saturated heterocycles. The topological polar surface area (TPSA) is 95.3 Å². The van der Waals surface area contributed by atoms with Crippen LogP contribution in [-0.2, 0) is 11.3 Å². The van der Waals surface area contributed by atoms with Crippen LogP contribution in [0.4, 0.5) is 14.6 Å². The Morgan fingerprint density at radius 2 is 1.84 bits per heavy atom. The monoisotopic (exact) mass is 741 g/mol. The molecule has 8 nitrogen and oxygen atoms in total. The number of unbranched alkanes of at least 4 members (excludes halogenated alkanes) is 2. The molecule has 0 amide bonds. The Kier molecular flexibility index (Phi) is 9.12. The van der Waals surface area contributed by atoms with Gasteiger partial charge >= 0.3 is 0 Å². The van der Waals surface area contributed by atoms with Crippen LogP contribution in [0.3, 0.4) is 0 Å². The lowest BCUT2D eigenvalue weighted by Crippen LogP contribution is -2.55. The Morgan fingerprint density at radius 3 is 2.67 bits per heavy atom. The Balaban J connectivity index is 0.827. The highest BCUT2D eigenvalue weighted by molar-refractivity contribution is 9.10. The van der Waals surface area contributed by atoms with Gasteiger partial charge < -0.3 is 15.8 Å². The number of fused-ring (bicyclic) bond motifs is 6. The second kappa shape index (κ2) is 13.1. The SMILES string of the molecule is C[C@]12CCC(F)(F)C[C@@H]1CC[C@@H]1[C@@H]2CC[C@]2(C)[C@@H](OCCCCCn3cc(-c4cnn5c(N)c(Br)c([C@@H]6CCCNC6)nc45)cn3)CC[C@@H]12. The lowest BCUT2D eigenvalue weighted by atomic mass is 9.45. The summed E-state index contributed by atoms with van der Waals surface area (Å²) in [6, 6.07) is 0. The molecule has 0 aromatic carbocycles. The molecule has 8 rings (SSSR count). The van der Waals surface area contributed by atoms with Crippen molar-refractivity contribution in [2.24, 2.45) is 34.5 Å². The zero-order valence-electron chi connectivity index (χ0n) is 29.3. The Hall–Kier alpha value is -2.11. The molecule has 4 aliphatic carbocycles. The standard InChI is InChI=1S/C38H54BrF2N7O/c1-36-14-15-38(40,41)19-26(36)8-9-27-29-10-11-31(37(29,2)13-12-30(27)36)49-18-5-3-4-17-47-23-25(21-44-47)28-22-45-48-34(42)32(39)33(46-35(28)48)24-7-6-16-43-20-24/h21-24,26-27,29-31,43H,3-20,42H2,1-2H3/t24-,26+,27+,29+,30+,31+,36+,37+/m1/s1. The van der Waals surface area contributed by atoms with Crippen LogP contribution in [0.15, 0.2) is 23.1 Å². The minimum Gasteiger partial charge on any atom is -0.383 e. The average molecular weight is 743 g/mol. The van der Waals surface area contributed by atoms with Crippen molar-refractivity contribution in [3.8, 4) is 11.1 Å². The fourth-order valence-corrected chi connectivity index (χ4v) is 12.0. The number of anilines is 1. The number of alkyl halides is 2. The number of rotatable bonds is 9. The van der Waals surface area contributed by atoms with Gasteiger partial charge in [-0.05, 0) is 134 Å². The van der Waals surface area contributed by atoms with Crippen LogP contribution in [0, 0.1) is 34.5 Å². The van der Waals surface area contributed by atoms with Gasteiger partial charge in [-0.1, -0.05) is 13.8 Å². The molecule has 0 bridgehead atoms. The number of nitrogen functional groups attached to an aromatic ring is 1. The van der Waals surface area contributed by atoms with Crippen molar-refractivity contribution in [2.75, 3.05) is 25.4 Å². The maximum Gasteiger partial charge on any atom is 0.248 e. The molecule has 0 spiro atoms. The van der Waals surface area contributed by atoms with Crippen molar-refractivity contribution < 1.29 is 13.5 Å². The summed E-state index contributed by atoms with van der Waals surface area (Å²) in [6.45, 7) is 8.49. The summed E-state index contributed by atoms with van der Waals surface area (Å²) < 4.78 is 39.9. The molecular formula is C38H54BrF2N7O. The van der Waals surface area contributed by atoms with E-state index in [1.165, 1.54) is 19.3 Å².